The Kier molecular flexibility index (Phi) is 5.60. The lowest BCUT2D eigenvalue weighted by Gasteiger charge is -2.14. The average molecular weight is 491 g/mol. The van der Waals surface area contributed by atoms with Crippen LogP contribution in [0.15, 0.2) is 73.1 Å². The summed E-state index contributed by atoms with van der Waals surface area (Å²) in [7, 11) is 1.96. The molecule has 1 aliphatic carbocycles. The zero-order valence-electron chi connectivity index (χ0n) is 21.3. The standard InChI is InChI=1S/C31H30N4O2/c1-18-5-4-6-20(13-18)19(2)33-31(37)27-17-35(3)29-12-8-21(14-25(27)29)22-7-11-24-26(16-32-28(24)15-22)30(36)34-23-9-10-23/h4-8,11-17,19,23,32H,9-10H2,1-3H3,(H,33,37)(H,34,36)/t19-/m0/s1. The van der Waals surface area contributed by atoms with Crippen molar-refractivity contribution in [3.63, 3.8) is 0 Å². The van der Waals surface area contributed by atoms with E-state index < -0.39 is 0 Å². The van der Waals surface area contributed by atoms with Crippen LogP contribution in [0.25, 0.3) is 32.9 Å². The molecule has 5 aromatic rings. The molecule has 1 fully saturated rings. The van der Waals surface area contributed by atoms with Gasteiger partial charge in [-0.15, -0.1) is 0 Å². The van der Waals surface area contributed by atoms with Gasteiger partial charge in [0.1, 0.15) is 0 Å². The third-order valence-electron chi connectivity index (χ3n) is 7.30. The van der Waals surface area contributed by atoms with Crippen molar-refractivity contribution >= 4 is 33.6 Å². The highest BCUT2D eigenvalue weighted by Gasteiger charge is 2.25. The molecule has 6 rings (SSSR count). The Hall–Kier alpha value is -4.32. The SMILES string of the molecule is Cc1cccc([C@H](C)NC(=O)c2cn(C)c3ccc(-c4ccc5c(C(=O)NC6CC6)c[nH]c5c4)cc23)c1. The van der Waals surface area contributed by atoms with Gasteiger partial charge in [-0.3, -0.25) is 9.59 Å². The van der Waals surface area contributed by atoms with E-state index in [2.05, 4.69) is 58.9 Å². The van der Waals surface area contributed by atoms with E-state index in [1.807, 2.05) is 49.0 Å². The Labute approximate surface area is 215 Å². The van der Waals surface area contributed by atoms with Gasteiger partial charge in [0.2, 0.25) is 0 Å². The Morgan fingerprint density at radius 2 is 1.73 bits per heavy atom. The third kappa shape index (κ3) is 4.40. The van der Waals surface area contributed by atoms with Gasteiger partial charge in [-0.05, 0) is 61.6 Å². The fourth-order valence-electron chi connectivity index (χ4n) is 5.03. The minimum absolute atomic E-state index is 0.0252. The highest BCUT2D eigenvalue weighted by atomic mass is 16.2. The lowest BCUT2D eigenvalue weighted by molar-refractivity contribution is 0.0937. The maximum absolute atomic E-state index is 13.3. The Bertz CT molecular complexity index is 1670. The fourth-order valence-corrected chi connectivity index (χ4v) is 5.03. The van der Waals surface area contributed by atoms with E-state index in [1.54, 1.807) is 6.20 Å². The van der Waals surface area contributed by atoms with Crippen LogP contribution in [-0.2, 0) is 7.05 Å². The van der Waals surface area contributed by atoms with Crippen LogP contribution in [0.1, 0.15) is 57.7 Å². The predicted octanol–water partition coefficient (Wildman–Crippen LogP) is 6.02. The van der Waals surface area contributed by atoms with Gasteiger partial charge in [0.05, 0.1) is 17.2 Å². The number of amides is 2. The molecule has 2 heterocycles. The van der Waals surface area contributed by atoms with Gasteiger partial charge in [-0.2, -0.15) is 0 Å². The first-order valence-electron chi connectivity index (χ1n) is 12.8. The second kappa shape index (κ2) is 8.96. The zero-order chi connectivity index (χ0) is 25.7. The molecule has 37 heavy (non-hydrogen) atoms. The topological polar surface area (TPSA) is 78.9 Å². The number of hydrogen-bond donors (Lipinski definition) is 3. The van der Waals surface area contributed by atoms with Crippen LogP contribution >= 0.6 is 0 Å². The first kappa shape index (κ1) is 23.1. The van der Waals surface area contributed by atoms with Gasteiger partial charge in [-0.25, -0.2) is 0 Å². The summed E-state index contributed by atoms with van der Waals surface area (Å²) in [5.41, 5.74) is 7.52. The second-order valence-corrected chi connectivity index (χ2v) is 10.2. The first-order chi connectivity index (χ1) is 17.9. The molecular weight excluding hydrogens is 460 g/mol. The number of carbonyl (C=O) groups excluding carboxylic acids is 2. The van der Waals surface area contributed by atoms with Crippen molar-refractivity contribution in [2.45, 2.75) is 38.8 Å². The number of nitrogens with zero attached hydrogens (tertiary/aromatic N) is 1. The summed E-state index contributed by atoms with van der Waals surface area (Å²) >= 11 is 0. The molecule has 6 heteroatoms. The molecule has 1 atom stereocenters. The summed E-state index contributed by atoms with van der Waals surface area (Å²) in [5, 5.41) is 8.04. The lowest BCUT2D eigenvalue weighted by atomic mass is 10.0. The quantitative estimate of drug-likeness (QED) is 0.272. The molecule has 0 radical (unpaired) electrons. The van der Waals surface area contributed by atoms with Crippen molar-refractivity contribution in [2.24, 2.45) is 7.05 Å². The van der Waals surface area contributed by atoms with Gasteiger partial charge in [-0.1, -0.05) is 48.0 Å². The Morgan fingerprint density at radius 3 is 2.51 bits per heavy atom. The van der Waals surface area contributed by atoms with Gasteiger partial charge < -0.3 is 20.2 Å². The smallest absolute Gasteiger partial charge is 0.253 e. The summed E-state index contributed by atoms with van der Waals surface area (Å²) in [6.07, 6.45) is 5.80. The molecule has 2 amide bonds. The van der Waals surface area contributed by atoms with E-state index in [4.69, 9.17) is 0 Å². The number of rotatable bonds is 6. The highest BCUT2D eigenvalue weighted by molar-refractivity contribution is 6.09. The average Bonchev–Trinajstić information content (AvgIpc) is 3.50. The summed E-state index contributed by atoms with van der Waals surface area (Å²) < 4.78 is 1.99. The van der Waals surface area contributed by atoms with Crippen molar-refractivity contribution in [3.8, 4) is 11.1 Å². The van der Waals surface area contributed by atoms with Crippen molar-refractivity contribution in [1.29, 1.82) is 0 Å². The van der Waals surface area contributed by atoms with E-state index in [1.165, 1.54) is 5.56 Å². The highest BCUT2D eigenvalue weighted by Crippen LogP contribution is 2.31. The minimum Gasteiger partial charge on any atom is -0.360 e. The number of aromatic amines is 1. The maximum atomic E-state index is 13.3. The first-order valence-corrected chi connectivity index (χ1v) is 12.8. The van der Waals surface area contributed by atoms with E-state index in [0.717, 1.165) is 51.3 Å². The Morgan fingerprint density at radius 1 is 0.946 bits per heavy atom. The van der Waals surface area contributed by atoms with Gasteiger partial charge >= 0.3 is 0 Å². The molecule has 0 spiro atoms. The van der Waals surface area contributed by atoms with Crippen molar-refractivity contribution in [3.05, 3.63) is 95.3 Å². The molecule has 0 unspecified atom stereocenters. The van der Waals surface area contributed by atoms with E-state index in [0.29, 0.717) is 17.2 Å². The molecule has 1 aliphatic rings. The summed E-state index contributed by atoms with van der Waals surface area (Å²) in [6, 6.07) is 20.7. The number of benzene rings is 3. The fraction of sp³-hybridized carbons (Fsp3) is 0.226. The zero-order valence-corrected chi connectivity index (χ0v) is 21.3. The second-order valence-electron chi connectivity index (χ2n) is 10.2. The molecule has 6 nitrogen and oxygen atoms in total. The Balaban J connectivity index is 1.31. The van der Waals surface area contributed by atoms with E-state index in [9.17, 15) is 9.59 Å². The van der Waals surface area contributed by atoms with Crippen LogP contribution in [0.2, 0.25) is 0 Å². The summed E-state index contributed by atoms with van der Waals surface area (Å²) in [4.78, 5) is 29.2. The number of fused-ring (bicyclic) bond motifs is 2. The van der Waals surface area contributed by atoms with Crippen molar-refractivity contribution < 1.29 is 9.59 Å². The molecule has 2 aromatic heterocycles. The maximum Gasteiger partial charge on any atom is 0.253 e. The van der Waals surface area contributed by atoms with Crippen LogP contribution in [0, 0.1) is 6.92 Å². The van der Waals surface area contributed by atoms with Crippen LogP contribution in [0.4, 0.5) is 0 Å². The number of nitrogens with one attached hydrogen (secondary N) is 3. The molecular formula is C31H30N4O2. The lowest BCUT2D eigenvalue weighted by Crippen LogP contribution is -2.26. The van der Waals surface area contributed by atoms with Crippen LogP contribution in [0.5, 0.6) is 0 Å². The number of H-pyrrole nitrogens is 1. The third-order valence-corrected chi connectivity index (χ3v) is 7.30. The van der Waals surface area contributed by atoms with Crippen molar-refractivity contribution in [2.75, 3.05) is 0 Å². The van der Waals surface area contributed by atoms with E-state index in [-0.39, 0.29) is 17.9 Å². The normalized spacial score (nSPS) is 14.1. The van der Waals surface area contributed by atoms with Crippen LogP contribution < -0.4 is 10.6 Å². The van der Waals surface area contributed by atoms with Crippen LogP contribution in [0.3, 0.4) is 0 Å². The van der Waals surface area contributed by atoms with Crippen LogP contribution in [-0.4, -0.2) is 27.4 Å². The van der Waals surface area contributed by atoms with Gasteiger partial charge in [0, 0.05) is 47.3 Å². The van der Waals surface area contributed by atoms with E-state index >= 15 is 0 Å². The number of carbonyl (C=O) groups is 2. The predicted molar refractivity (Wildman–Crippen MR) is 148 cm³/mol. The van der Waals surface area contributed by atoms with Gasteiger partial charge in [0.15, 0.2) is 0 Å². The summed E-state index contributed by atoms with van der Waals surface area (Å²) in [5.74, 6) is -0.120. The molecule has 3 N–H and O–H groups in total. The number of hydrogen-bond acceptors (Lipinski definition) is 2. The minimum atomic E-state index is -0.104. The van der Waals surface area contributed by atoms with Gasteiger partial charge in [0.25, 0.3) is 11.8 Å². The van der Waals surface area contributed by atoms with Crippen molar-refractivity contribution in [1.82, 2.24) is 20.2 Å². The molecule has 3 aromatic carbocycles. The number of aryl methyl sites for hydroxylation is 2. The largest absolute Gasteiger partial charge is 0.360 e. The number of aromatic nitrogens is 2. The molecule has 186 valence electrons. The monoisotopic (exact) mass is 490 g/mol. The molecule has 1 saturated carbocycles. The molecule has 0 bridgehead atoms. The summed E-state index contributed by atoms with van der Waals surface area (Å²) in [6.45, 7) is 4.06. The molecule has 0 saturated heterocycles. The molecule has 0 aliphatic heterocycles.